The van der Waals surface area contributed by atoms with Gasteiger partial charge in [-0.25, -0.2) is 13.8 Å². The molecular formula is C22H29N3O4S. The van der Waals surface area contributed by atoms with Crippen LogP contribution < -0.4 is 14.5 Å². The summed E-state index contributed by atoms with van der Waals surface area (Å²) in [5.74, 6) is 0.0900. The van der Waals surface area contributed by atoms with Crippen molar-refractivity contribution in [3.8, 4) is 5.75 Å². The number of carbonyl (C=O) groups is 1. The third-order valence-electron chi connectivity index (χ3n) is 4.97. The lowest BCUT2D eigenvalue weighted by atomic mass is 10.00. The van der Waals surface area contributed by atoms with Gasteiger partial charge in [0.25, 0.3) is 5.91 Å². The van der Waals surface area contributed by atoms with Gasteiger partial charge in [-0.3, -0.25) is 9.10 Å². The van der Waals surface area contributed by atoms with Crippen LogP contribution in [0.3, 0.4) is 0 Å². The molecule has 1 amide bonds. The lowest BCUT2D eigenvalue weighted by Gasteiger charge is -2.27. The highest BCUT2D eigenvalue weighted by Gasteiger charge is 2.29. The number of ether oxygens (including phenoxy) is 1. The summed E-state index contributed by atoms with van der Waals surface area (Å²) in [5.41, 5.74) is 7.13. The fourth-order valence-corrected chi connectivity index (χ4v) is 4.22. The van der Waals surface area contributed by atoms with E-state index in [-0.39, 0.29) is 0 Å². The van der Waals surface area contributed by atoms with Crippen LogP contribution >= 0.6 is 0 Å². The zero-order chi connectivity index (χ0) is 22.5. The third-order valence-corrected chi connectivity index (χ3v) is 6.21. The average Bonchev–Trinajstić information content (AvgIpc) is 2.68. The van der Waals surface area contributed by atoms with Crippen molar-refractivity contribution in [2.45, 2.75) is 40.7 Å². The number of anilines is 1. The van der Waals surface area contributed by atoms with E-state index >= 15 is 0 Å². The van der Waals surface area contributed by atoms with Gasteiger partial charge in [0.15, 0.2) is 0 Å². The van der Waals surface area contributed by atoms with E-state index in [0.29, 0.717) is 18.0 Å². The predicted octanol–water partition coefficient (Wildman–Crippen LogP) is 3.32. The summed E-state index contributed by atoms with van der Waals surface area (Å²) in [6.45, 7) is 9.95. The Kier molecular flexibility index (Phi) is 7.61. The molecule has 0 aliphatic carbocycles. The van der Waals surface area contributed by atoms with E-state index in [2.05, 4.69) is 10.5 Å². The van der Waals surface area contributed by atoms with E-state index in [1.165, 1.54) is 12.5 Å². The van der Waals surface area contributed by atoms with Gasteiger partial charge < -0.3 is 4.74 Å². The first-order valence-corrected chi connectivity index (χ1v) is 11.5. The van der Waals surface area contributed by atoms with Crippen molar-refractivity contribution in [1.29, 1.82) is 0 Å². The molecule has 0 fully saturated rings. The van der Waals surface area contributed by atoms with Crippen LogP contribution in [0.5, 0.6) is 5.75 Å². The second-order valence-corrected chi connectivity index (χ2v) is 8.98. The molecule has 0 heterocycles. The number of benzene rings is 2. The van der Waals surface area contributed by atoms with E-state index in [4.69, 9.17) is 4.74 Å². The maximum atomic E-state index is 12.6. The van der Waals surface area contributed by atoms with Crippen molar-refractivity contribution < 1.29 is 17.9 Å². The standard InChI is InChI=1S/C22H29N3O4S/c1-7-29-21-12-10-20(11-13-21)25(30(6,27)28)18(5)22(26)24-23-14-19-9-8-15(2)16(3)17(19)4/h8-14,18H,7H2,1-6H3,(H,24,26)/b23-14-/t18-/m0/s1. The van der Waals surface area contributed by atoms with Crippen LogP contribution in [0.15, 0.2) is 41.5 Å². The maximum Gasteiger partial charge on any atom is 0.263 e. The molecule has 0 bridgehead atoms. The normalized spacial score (nSPS) is 12.6. The number of amides is 1. The average molecular weight is 432 g/mol. The van der Waals surface area contributed by atoms with E-state index in [9.17, 15) is 13.2 Å². The number of hydrogen-bond acceptors (Lipinski definition) is 5. The highest BCUT2D eigenvalue weighted by atomic mass is 32.2. The van der Waals surface area contributed by atoms with Gasteiger partial charge in [0, 0.05) is 0 Å². The predicted molar refractivity (Wildman–Crippen MR) is 121 cm³/mol. The van der Waals surface area contributed by atoms with Gasteiger partial charge in [-0.05, 0) is 81.1 Å². The molecule has 0 aromatic heterocycles. The van der Waals surface area contributed by atoms with Gasteiger partial charge in [0.1, 0.15) is 11.8 Å². The first-order chi connectivity index (χ1) is 14.1. The molecule has 30 heavy (non-hydrogen) atoms. The van der Waals surface area contributed by atoms with Crippen LogP contribution in [0.25, 0.3) is 0 Å². The van der Waals surface area contributed by atoms with Gasteiger partial charge in [0.05, 0.1) is 24.8 Å². The Morgan fingerprint density at radius 1 is 1.13 bits per heavy atom. The van der Waals surface area contributed by atoms with Gasteiger partial charge in [-0.2, -0.15) is 5.10 Å². The van der Waals surface area contributed by atoms with E-state index in [1.54, 1.807) is 30.5 Å². The Morgan fingerprint density at radius 2 is 1.77 bits per heavy atom. The Balaban J connectivity index is 2.19. The lowest BCUT2D eigenvalue weighted by molar-refractivity contribution is -0.121. The minimum Gasteiger partial charge on any atom is -0.494 e. The van der Waals surface area contributed by atoms with Gasteiger partial charge in [-0.15, -0.1) is 0 Å². The van der Waals surface area contributed by atoms with Crippen molar-refractivity contribution >= 4 is 27.8 Å². The zero-order valence-corrected chi connectivity index (χ0v) is 19.1. The fourth-order valence-electron chi connectivity index (χ4n) is 3.04. The van der Waals surface area contributed by atoms with E-state index in [0.717, 1.165) is 27.3 Å². The summed E-state index contributed by atoms with van der Waals surface area (Å²) in [4.78, 5) is 12.6. The van der Waals surface area contributed by atoms with Crippen LogP contribution in [-0.4, -0.2) is 39.4 Å². The molecule has 0 aliphatic heterocycles. The van der Waals surface area contributed by atoms with Crippen molar-refractivity contribution in [2.75, 3.05) is 17.2 Å². The van der Waals surface area contributed by atoms with Gasteiger partial charge in [-0.1, -0.05) is 12.1 Å². The topological polar surface area (TPSA) is 88.1 Å². The van der Waals surface area contributed by atoms with Crippen LogP contribution in [0.4, 0.5) is 5.69 Å². The molecule has 2 rings (SSSR count). The molecule has 0 aliphatic rings. The number of aryl methyl sites for hydroxylation is 1. The lowest BCUT2D eigenvalue weighted by Crippen LogP contribution is -2.46. The van der Waals surface area contributed by atoms with E-state index in [1.807, 2.05) is 39.8 Å². The number of hydrazone groups is 1. The van der Waals surface area contributed by atoms with Crippen LogP contribution in [0.1, 0.15) is 36.1 Å². The molecule has 0 radical (unpaired) electrons. The molecule has 1 N–H and O–H groups in total. The number of nitrogens with one attached hydrogen (secondary N) is 1. The molecule has 0 unspecified atom stereocenters. The summed E-state index contributed by atoms with van der Waals surface area (Å²) in [7, 11) is -3.70. The van der Waals surface area contributed by atoms with Crippen molar-refractivity contribution in [3.05, 3.63) is 58.7 Å². The third kappa shape index (κ3) is 5.60. The summed E-state index contributed by atoms with van der Waals surface area (Å²) in [6.07, 6.45) is 2.63. The number of rotatable bonds is 8. The minimum absolute atomic E-state index is 0.373. The molecule has 0 saturated heterocycles. The minimum atomic E-state index is -3.70. The van der Waals surface area contributed by atoms with Crippen LogP contribution in [0.2, 0.25) is 0 Å². The molecule has 162 valence electrons. The number of carbonyl (C=O) groups excluding carboxylic acids is 1. The molecule has 8 heteroatoms. The quantitative estimate of drug-likeness (QED) is 0.513. The molecule has 1 atom stereocenters. The number of sulfonamides is 1. The molecule has 2 aromatic rings. The molecule has 0 saturated carbocycles. The molecule has 7 nitrogen and oxygen atoms in total. The second kappa shape index (κ2) is 9.75. The Hall–Kier alpha value is -2.87. The largest absolute Gasteiger partial charge is 0.494 e. The molecule has 2 aromatic carbocycles. The maximum absolute atomic E-state index is 12.6. The first-order valence-electron chi connectivity index (χ1n) is 9.68. The second-order valence-electron chi connectivity index (χ2n) is 7.12. The van der Waals surface area contributed by atoms with E-state index < -0.39 is 22.0 Å². The summed E-state index contributed by atoms with van der Waals surface area (Å²) in [5, 5.41) is 4.02. The fraction of sp³-hybridized carbons (Fsp3) is 0.364. The first kappa shape index (κ1) is 23.4. The Labute approximate surface area is 178 Å². The summed E-state index contributed by atoms with van der Waals surface area (Å²) in [6, 6.07) is 9.49. The summed E-state index contributed by atoms with van der Waals surface area (Å²) < 4.78 is 31.2. The summed E-state index contributed by atoms with van der Waals surface area (Å²) >= 11 is 0. The van der Waals surface area contributed by atoms with Crippen molar-refractivity contribution in [3.63, 3.8) is 0 Å². The Bertz CT molecular complexity index is 1030. The Morgan fingerprint density at radius 3 is 2.33 bits per heavy atom. The highest BCUT2D eigenvalue weighted by molar-refractivity contribution is 7.92. The van der Waals surface area contributed by atoms with Crippen molar-refractivity contribution in [2.24, 2.45) is 5.10 Å². The highest BCUT2D eigenvalue weighted by Crippen LogP contribution is 2.24. The molecule has 0 spiro atoms. The molecular weight excluding hydrogens is 402 g/mol. The zero-order valence-electron chi connectivity index (χ0n) is 18.3. The number of hydrogen-bond donors (Lipinski definition) is 1. The van der Waals surface area contributed by atoms with Crippen LogP contribution in [-0.2, 0) is 14.8 Å². The van der Waals surface area contributed by atoms with Crippen molar-refractivity contribution in [1.82, 2.24) is 5.43 Å². The van der Waals surface area contributed by atoms with Gasteiger partial charge >= 0.3 is 0 Å². The van der Waals surface area contributed by atoms with Gasteiger partial charge in [0.2, 0.25) is 10.0 Å². The van der Waals surface area contributed by atoms with Crippen LogP contribution in [0, 0.1) is 20.8 Å². The smallest absolute Gasteiger partial charge is 0.263 e. The monoisotopic (exact) mass is 431 g/mol. The SMILES string of the molecule is CCOc1ccc(N([C@@H](C)C(=O)N/N=C\c2ccc(C)c(C)c2C)S(C)(=O)=O)cc1. The number of nitrogens with zero attached hydrogens (tertiary/aromatic N) is 2.